The fourth-order valence-corrected chi connectivity index (χ4v) is 2.92. The Morgan fingerprint density at radius 3 is 2.84 bits per heavy atom. The average molecular weight is 378 g/mol. The molecule has 8 heteroatoms. The minimum Gasteiger partial charge on any atom is -0.345 e. The first kappa shape index (κ1) is 17.7. The van der Waals surface area contributed by atoms with Crippen molar-refractivity contribution in [3.05, 3.63) is 58.1 Å². The Morgan fingerprint density at radius 1 is 1.32 bits per heavy atom. The zero-order valence-electron chi connectivity index (χ0n) is 13.8. The van der Waals surface area contributed by atoms with Crippen molar-refractivity contribution in [2.75, 3.05) is 20.6 Å². The van der Waals surface area contributed by atoms with E-state index in [2.05, 4.69) is 20.3 Å². The Morgan fingerprint density at radius 2 is 2.12 bits per heavy atom. The molecule has 2 heterocycles. The first-order chi connectivity index (χ1) is 12.0. The van der Waals surface area contributed by atoms with Gasteiger partial charge in [-0.05, 0) is 31.8 Å². The minimum atomic E-state index is -0.244. The summed E-state index contributed by atoms with van der Waals surface area (Å²) in [4.78, 5) is 25.8. The number of likely N-dealkylation sites (N-methyl/N-ethyl adjacent to an activating group) is 1. The Kier molecular flexibility index (Phi) is 5.22. The van der Waals surface area contributed by atoms with Gasteiger partial charge in [-0.3, -0.25) is 4.79 Å². The van der Waals surface area contributed by atoms with Crippen molar-refractivity contribution >= 4 is 40.1 Å². The van der Waals surface area contributed by atoms with Gasteiger partial charge in [-0.1, -0.05) is 29.3 Å². The standard InChI is InChI=1S/C17H17Cl2N5O/c1-24(2)8-15(10-3-4-13(18)14(19)5-10)23-17(25)12-7-21-16-11(12)6-20-9-22-16/h3-7,9,15H,8H2,1-2H3,(H,23,25)(H,20,21,22). The average Bonchev–Trinajstić information content (AvgIpc) is 3.00. The van der Waals surface area contributed by atoms with Crippen LogP contribution < -0.4 is 5.32 Å². The molecule has 0 saturated carbocycles. The van der Waals surface area contributed by atoms with Gasteiger partial charge in [-0.25, -0.2) is 9.97 Å². The number of aromatic amines is 1. The second-order valence-corrected chi connectivity index (χ2v) is 6.76. The van der Waals surface area contributed by atoms with Crippen LogP contribution in [0.2, 0.25) is 10.0 Å². The predicted molar refractivity (Wildman–Crippen MR) is 99.1 cm³/mol. The van der Waals surface area contributed by atoms with Crippen molar-refractivity contribution in [1.29, 1.82) is 0 Å². The van der Waals surface area contributed by atoms with E-state index in [-0.39, 0.29) is 11.9 Å². The molecule has 1 amide bonds. The second-order valence-electron chi connectivity index (χ2n) is 5.95. The van der Waals surface area contributed by atoms with E-state index in [4.69, 9.17) is 23.2 Å². The summed E-state index contributed by atoms with van der Waals surface area (Å²) in [7, 11) is 3.88. The van der Waals surface area contributed by atoms with Crippen LogP contribution in [-0.2, 0) is 0 Å². The summed E-state index contributed by atoms with van der Waals surface area (Å²) >= 11 is 12.1. The monoisotopic (exact) mass is 377 g/mol. The lowest BCUT2D eigenvalue weighted by molar-refractivity contribution is 0.0931. The van der Waals surface area contributed by atoms with Crippen LogP contribution in [0.5, 0.6) is 0 Å². The molecule has 1 atom stereocenters. The maximum atomic E-state index is 12.8. The van der Waals surface area contributed by atoms with Gasteiger partial charge >= 0.3 is 0 Å². The molecule has 0 spiro atoms. The Hall–Kier alpha value is -2.15. The third-order valence-corrected chi connectivity index (χ3v) is 4.54. The summed E-state index contributed by atoms with van der Waals surface area (Å²) in [5.41, 5.74) is 2.01. The molecule has 0 aliphatic carbocycles. The quantitative estimate of drug-likeness (QED) is 0.715. The van der Waals surface area contributed by atoms with Crippen LogP contribution in [0.25, 0.3) is 11.0 Å². The highest BCUT2D eigenvalue weighted by Crippen LogP contribution is 2.26. The number of rotatable bonds is 5. The predicted octanol–water partition coefficient (Wildman–Crippen LogP) is 3.30. The molecule has 130 valence electrons. The lowest BCUT2D eigenvalue weighted by Crippen LogP contribution is -2.35. The van der Waals surface area contributed by atoms with E-state index < -0.39 is 0 Å². The van der Waals surface area contributed by atoms with Crippen LogP contribution in [0, 0.1) is 0 Å². The third kappa shape index (κ3) is 3.92. The summed E-state index contributed by atoms with van der Waals surface area (Å²) in [6.07, 6.45) is 4.69. The van der Waals surface area contributed by atoms with Gasteiger partial charge in [0.15, 0.2) is 0 Å². The summed E-state index contributed by atoms with van der Waals surface area (Å²) < 4.78 is 0. The minimum absolute atomic E-state index is 0.209. The molecule has 2 N–H and O–H groups in total. The van der Waals surface area contributed by atoms with Crippen molar-refractivity contribution < 1.29 is 4.79 Å². The molecule has 0 fully saturated rings. The summed E-state index contributed by atoms with van der Waals surface area (Å²) in [6.45, 7) is 0.614. The number of nitrogens with one attached hydrogen (secondary N) is 2. The van der Waals surface area contributed by atoms with E-state index in [9.17, 15) is 4.79 Å². The highest BCUT2D eigenvalue weighted by atomic mass is 35.5. The molecule has 0 radical (unpaired) electrons. The molecule has 1 unspecified atom stereocenters. The van der Waals surface area contributed by atoms with Gasteiger partial charge in [-0.2, -0.15) is 0 Å². The molecule has 2 aromatic heterocycles. The summed E-state index contributed by atoms with van der Waals surface area (Å²) in [6, 6.07) is 5.12. The van der Waals surface area contributed by atoms with Crippen LogP contribution >= 0.6 is 23.2 Å². The van der Waals surface area contributed by atoms with Gasteiger partial charge < -0.3 is 15.2 Å². The molecule has 0 aliphatic heterocycles. The van der Waals surface area contributed by atoms with E-state index in [0.29, 0.717) is 33.2 Å². The number of carbonyl (C=O) groups is 1. The van der Waals surface area contributed by atoms with Crippen molar-refractivity contribution in [1.82, 2.24) is 25.2 Å². The lowest BCUT2D eigenvalue weighted by atomic mass is 10.1. The fourth-order valence-electron chi connectivity index (χ4n) is 2.61. The lowest BCUT2D eigenvalue weighted by Gasteiger charge is -2.23. The van der Waals surface area contributed by atoms with Gasteiger partial charge in [0, 0.05) is 24.3 Å². The molecule has 6 nitrogen and oxygen atoms in total. The van der Waals surface area contributed by atoms with E-state index in [1.807, 2.05) is 25.1 Å². The normalized spacial score (nSPS) is 12.5. The zero-order chi connectivity index (χ0) is 18.0. The fraction of sp³-hybridized carbons (Fsp3) is 0.235. The number of nitrogens with zero attached hydrogens (tertiary/aromatic N) is 3. The molecule has 25 heavy (non-hydrogen) atoms. The van der Waals surface area contributed by atoms with E-state index in [1.165, 1.54) is 6.33 Å². The van der Waals surface area contributed by atoms with Gasteiger partial charge in [0.1, 0.15) is 12.0 Å². The first-order valence-corrected chi connectivity index (χ1v) is 8.39. The third-order valence-electron chi connectivity index (χ3n) is 3.80. The van der Waals surface area contributed by atoms with Gasteiger partial charge in [-0.15, -0.1) is 0 Å². The smallest absolute Gasteiger partial charge is 0.254 e. The van der Waals surface area contributed by atoms with Crippen molar-refractivity contribution in [2.24, 2.45) is 0 Å². The van der Waals surface area contributed by atoms with Gasteiger partial charge in [0.05, 0.1) is 21.7 Å². The maximum Gasteiger partial charge on any atom is 0.254 e. The number of fused-ring (bicyclic) bond motifs is 1. The van der Waals surface area contributed by atoms with E-state index in [1.54, 1.807) is 24.5 Å². The topological polar surface area (TPSA) is 73.9 Å². The van der Waals surface area contributed by atoms with Crippen molar-refractivity contribution in [2.45, 2.75) is 6.04 Å². The molecule has 0 aliphatic rings. The highest BCUT2D eigenvalue weighted by Gasteiger charge is 2.20. The van der Waals surface area contributed by atoms with Crippen LogP contribution in [0.1, 0.15) is 22.0 Å². The SMILES string of the molecule is CN(C)CC(NC(=O)c1c[nH]c2ncncc12)c1ccc(Cl)c(Cl)c1. The molecule has 0 bridgehead atoms. The Labute approximate surface area is 155 Å². The summed E-state index contributed by atoms with van der Waals surface area (Å²) in [5.74, 6) is -0.209. The van der Waals surface area contributed by atoms with Crippen LogP contribution in [-0.4, -0.2) is 46.4 Å². The van der Waals surface area contributed by atoms with Crippen molar-refractivity contribution in [3.8, 4) is 0 Å². The number of amides is 1. The van der Waals surface area contributed by atoms with Gasteiger partial charge in [0.25, 0.3) is 5.91 Å². The molecular formula is C17H17Cl2N5O. The highest BCUT2D eigenvalue weighted by molar-refractivity contribution is 6.42. The molecule has 0 saturated heterocycles. The van der Waals surface area contributed by atoms with Crippen LogP contribution in [0.3, 0.4) is 0 Å². The zero-order valence-corrected chi connectivity index (χ0v) is 15.3. The number of hydrogen-bond donors (Lipinski definition) is 2. The van der Waals surface area contributed by atoms with E-state index >= 15 is 0 Å². The number of carbonyl (C=O) groups excluding carboxylic acids is 1. The first-order valence-electron chi connectivity index (χ1n) is 7.63. The molecule has 3 aromatic rings. The molecular weight excluding hydrogens is 361 g/mol. The van der Waals surface area contributed by atoms with E-state index in [0.717, 1.165) is 5.56 Å². The number of benzene rings is 1. The Balaban J connectivity index is 1.89. The van der Waals surface area contributed by atoms with Crippen LogP contribution in [0.15, 0.2) is 36.9 Å². The Bertz CT molecular complexity index is 909. The molecule has 1 aromatic carbocycles. The number of halogens is 2. The second kappa shape index (κ2) is 7.39. The van der Waals surface area contributed by atoms with Crippen molar-refractivity contribution in [3.63, 3.8) is 0 Å². The summed E-state index contributed by atoms with van der Waals surface area (Å²) in [5, 5.41) is 4.66. The maximum absolute atomic E-state index is 12.8. The number of hydrogen-bond acceptors (Lipinski definition) is 4. The number of aromatic nitrogens is 3. The van der Waals surface area contributed by atoms with Gasteiger partial charge in [0.2, 0.25) is 0 Å². The molecule has 3 rings (SSSR count). The van der Waals surface area contributed by atoms with Crippen LogP contribution in [0.4, 0.5) is 0 Å². The number of H-pyrrole nitrogens is 1. The largest absolute Gasteiger partial charge is 0.345 e.